The van der Waals surface area contributed by atoms with Gasteiger partial charge in [-0.05, 0) is 26.0 Å². The molecule has 0 unspecified atom stereocenters. The van der Waals surface area contributed by atoms with Crippen molar-refractivity contribution in [1.82, 2.24) is 14.9 Å². The van der Waals surface area contributed by atoms with Gasteiger partial charge in [-0.25, -0.2) is 9.97 Å². The van der Waals surface area contributed by atoms with Crippen LogP contribution in [0.3, 0.4) is 0 Å². The zero-order valence-electron chi connectivity index (χ0n) is 16.8. The number of hydrogen-bond donors (Lipinski definition) is 0. The van der Waals surface area contributed by atoms with Crippen molar-refractivity contribution in [2.45, 2.75) is 33.6 Å². The summed E-state index contributed by atoms with van der Waals surface area (Å²) >= 11 is 0. The number of carbonyl (C=O) groups excluding carboxylic acids is 1. The maximum absolute atomic E-state index is 13.0. The number of nitrogens with zero attached hydrogens (tertiary/aromatic N) is 4. The fourth-order valence-electron chi connectivity index (χ4n) is 3.29. The van der Waals surface area contributed by atoms with Crippen LogP contribution in [0.2, 0.25) is 0 Å². The number of anilines is 1. The van der Waals surface area contributed by atoms with Crippen LogP contribution in [0.1, 0.15) is 47.2 Å². The minimum atomic E-state index is 0.0249. The molecule has 0 saturated carbocycles. The van der Waals surface area contributed by atoms with E-state index in [0.717, 1.165) is 36.0 Å². The monoisotopic (exact) mass is 368 g/mol. The SMILES string of the molecule is COc1ccc(C)cc1C(=O)N1CCN(c2cc(C)nc(C(C)C)n2)CC1. The molecule has 1 aliphatic heterocycles. The molecule has 27 heavy (non-hydrogen) atoms. The van der Waals surface area contributed by atoms with Gasteiger partial charge < -0.3 is 14.5 Å². The van der Waals surface area contributed by atoms with Gasteiger partial charge in [0.2, 0.25) is 0 Å². The summed E-state index contributed by atoms with van der Waals surface area (Å²) in [4.78, 5) is 26.3. The summed E-state index contributed by atoms with van der Waals surface area (Å²) in [6, 6.07) is 7.73. The number of piperazine rings is 1. The van der Waals surface area contributed by atoms with E-state index in [-0.39, 0.29) is 5.91 Å². The van der Waals surface area contributed by atoms with Crippen LogP contribution in [0.4, 0.5) is 5.82 Å². The fourth-order valence-corrected chi connectivity index (χ4v) is 3.29. The first-order valence-electron chi connectivity index (χ1n) is 9.43. The number of ether oxygens (including phenoxy) is 1. The standard InChI is InChI=1S/C21H28N4O2/c1-14(2)20-22-16(4)13-19(23-20)24-8-10-25(11-9-24)21(26)17-12-15(3)6-7-18(17)27-5/h6-7,12-14H,8-11H2,1-5H3. The average Bonchev–Trinajstić information content (AvgIpc) is 2.67. The van der Waals surface area contributed by atoms with E-state index in [4.69, 9.17) is 9.72 Å². The summed E-state index contributed by atoms with van der Waals surface area (Å²) in [5.41, 5.74) is 2.66. The maximum Gasteiger partial charge on any atom is 0.257 e. The van der Waals surface area contributed by atoms with Gasteiger partial charge in [-0.1, -0.05) is 25.5 Å². The molecular weight excluding hydrogens is 340 g/mol. The minimum Gasteiger partial charge on any atom is -0.496 e. The molecule has 2 aromatic rings. The van der Waals surface area contributed by atoms with Crippen molar-refractivity contribution in [2.24, 2.45) is 0 Å². The number of carbonyl (C=O) groups is 1. The first kappa shape index (κ1) is 19.1. The van der Waals surface area contributed by atoms with Crippen molar-refractivity contribution in [3.05, 3.63) is 46.9 Å². The maximum atomic E-state index is 13.0. The van der Waals surface area contributed by atoms with Gasteiger partial charge in [0.1, 0.15) is 17.4 Å². The number of hydrogen-bond acceptors (Lipinski definition) is 5. The third-order valence-electron chi connectivity index (χ3n) is 4.85. The highest BCUT2D eigenvalue weighted by atomic mass is 16.5. The number of methoxy groups -OCH3 is 1. The largest absolute Gasteiger partial charge is 0.496 e. The second-order valence-electron chi connectivity index (χ2n) is 7.36. The molecule has 1 aromatic heterocycles. The summed E-state index contributed by atoms with van der Waals surface area (Å²) in [6.07, 6.45) is 0. The van der Waals surface area contributed by atoms with E-state index in [0.29, 0.717) is 30.3 Å². The lowest BCUT2D eigenvalue weighted by Gasteiger charge is -2.36. The van der Waals surface area contributed by atoms with E-state index in [1.54, 1.807) is 7.11 Å². The minimum absolute atomic E-state index is 0.0249. The van der Waals surface area contributed by atoms with Crippen LogP contribution < -0.4 is 9.64 Å². The third-order valence-corrected chi connectivity index (χ3v) is 4.85. The van der Waals surface area contributed by atoms with Gasteiger partial charge in [0, 0.05) is 43.9 Å². The van der Waals surface area contributed by atoms with E-state index in [1.807, 2.05) is 43.0 Å². The summed E-state index contributed by atoms with van der Waals surface area (Å²) < 4.78 is 5.38. The van der Waals surface area contributed by atoms with E-state index in [1.165, 1.54) is 0 Å². The van der Waals surface area contributed by atoms with Crippen molar-refractivity contribution in [3.8, 4) is 5.75 Å². The first-order chi connectivity index (χ1) is 12.9. The molecule has 2 heterocycles. The molecule has 1 amide bonds. The van der Waals surface area contributed by atoms with Crippen molar-refractivity contribution in [2.75, 3.05) is 38.2 Å². The Morgan fingerprint density at radius 2 is 1.78 bits per heavy atom. The molecule has 1 aliphatic rings. The topological polar surface area (TPSA) is 58.6 Å². The first-order valence-corrected chi connectivity index (χ1v) is 9.43. The van der Waals surface area contributed by atoms with Gasteiger partial charge in [0.05, 0.1) is 12.7 Å². The molecule has 0 atom stereocenters. The Hall–Kier alpha value is -2.63. The number of benzene rings is 1. The normalized spacial score (nSPS) is 14.6. The number of aryl methyl sites for hydroxylation is 2. The van der Waals surface area contributed by atoms with Crippen molar-refractivity contribution in [3.63, 3.8) is 0 Å². The van der Waals surface area contributed by atoms with Crippen LogP contribution in [0.15, 0.2) is 24.3 Å². The van der Waals surface area contributed by atoms with E-state index in [2.05, 4.69) is 23.7 Å². The third kappa shape index (κ3) is 4.21. The highest BCUT2D eigenvalue weighted by molar-refractivity contribution is 5.97. The average molecular weight is 368 g/mol. The van der Waals surface area contributed by atoms with Crippen molar-refractivity contribution in [1.29, 1.82) is 0 Å². The Bertz CT molecular complexity index is 827. The Labute approximate surface area is 161 Å². The van der Waals surface area contributed by atoms with E-state index >= 15 is 0 Å². The van der Waals surface area contributed by atoms with Crippen LogP contribution in [0, 0.1) is 13.8 Å². The van der Waals surface area contributed by atoms with Gasteiger partial charge in [-0.15, -0.1) is 0 Å². The molecule has 0 N–H and O–H groups in total. The molecule has 1 fully saturated rings. The lowest BCUT2D eigenvalue weighted by Crippen LogP contribution is -2.49. The van der Waals surface area contributed by atoms with Crippen LogP contribution in [0.25, 0.3) is 0 Å². The predicted molar refractivity (Wildman–Crippen MR) is 107 cm³/mol. The van der Waals surface area contributed by atoms with E-state index in [9.17, 15) is 4.79 Å². The van der Waals surface area contributed by atoms with Crippen LogP contribution in [-0.4, -0.2) is 54.1 Å². The highest BCUT2D eigenvalue weighted by Crippen LogP contribution is 2.23. The Kier molecular flexibility index (Phi) is 5.63. The zero-order valence-corrected chi connectivity index (χ0v) is 16.8. The van der Waals surface area contributed by atoms with Gasteiger partial charge >= 0.3 is 0 Å². The van der Waals surface area contributed by atoms with Gasteiger partial charge in [0.15, 0.2) is 0 Å². The molecule has 6 heteroatoms. The summed E-state index contributed by atoms with van der Waals surface area (Å²) in [5, 5.41) is 0. The molecule has 144 valence electrons. The number of aromatic nitrogens is 2. The smallest absolute Gasteiger partial charge is 0.257 e. The van der Waals surface area contributed by atoms with Gasteiger partial charge in [0.25, 0.3) is 5.91 Å². The zero-order chi connectivity index (χ0) is 19.6. The number of amides is 1. The molecular formula is C21H28N4O2. The molecule has 1 saturated heterocycles. The Morgan fingerprint density at radius 1 is 1.07 bits per heavy atom. The molecule has 0 spiro atoms. The van der Waals surface area contributed by atoms with Gasteiger partial charge in [-0.3, -0.25) is 4.79 Å². The van der Waals surface area contributed by atoms with Crippen molar-refractivity contribution < 1.29 is 9.53 Å². The lowest BCUT2D eigenvalue weighted by molar-refractivity contribution is 0.0743. The molecule has 0 bridgehead atoms. The molecule has 0 aliphatic carbocycles. The second kappa shape index (κ2) is 7.94. The second-order valence-corrected chi connectivity index (χ2v) is 7.36. The summed E-state index contributed by atoms with van der Waals surface area (Å²) in [7, 11) is 1.60. The summed E-state index contributed by atoms with van der Waals surface area (Å²) in [5.74, 6) is 2.76. The van der Waals surface area contributed by atoms with Gasteiger partial charge in [-0.2, -0.15) is 0 Å². The van der Waals surface area contributed by atoms with E-state index < -0.39 is 0 Å². The van der Waals surface area contributed by atoms with Crippen molar-refractivity contribution >= 4 is 11.7 Å². The van der Waals surface area contributed by atoms with Crippen LogP contribution >= 0.6 is 0 Å². The lowest BCUT2D eigenvalue weighted by atomic mass is 10.1. The molecule has 6 nitrogen and oxygen atoms in total. The van der Waals surface area contributed by atoms with Crippen LogP contribution in [-0.2, 0) is 0 Å². The molecule has 1 aromatic carbocycles. The Balaban J connectivity index is 1.72. The summed E-state index contributed by atoms with van der Waals surface area (Å²) in [6.45, 7) is 11.0. The van der Waals surface area contributed by atoms with Crippen LogP contribution in [0.5, 0.6) is 5.75 Å². The predicted octanol–water partition coefficient (Wildman–Crippen LogP) is 3.19. The fraction of sp³-hybridized carbons (Fsp3) is 0.476. The molecule has 0 radical (unpaired) electrons. The quantitative estimate of drug-likeness (QED) is 0.829. The number of rotatable bonds is 4. The Morgan fingerprint density at radius 3 is 2.41 bits per heavy atom. The molecule has 3 rings (SSSR count). The highest BCUT2D eigenvalue weighted by Gasteiger charge is 2.25.